The van der Waals surface area contributed by atoms with E-state index in [-0.39, 0.29) is 11.9 Å². The molecule has 4 aromatic rings. The lowest BCUT2D eigenvalue weighted by molar-refractivity contribution is 0.0909. The zero-order valence-electron chi connectivity index (χ0n) is 14.4. The Morgan fingerprint density at radius 2 is 1.85 bits per heavy atom. The van der Waals surface area contributed by atoms with Crippen molar-refractivity contribution in [2.45, 2.75) is 19.5 Å². The van der Waals surface area contributed by atoms with Crippen molar-refractivity contribution in [2.24, 2.45) is 0 Å². The van der Waals surface area contributed by atoms with Gasteiger partial charge in [0.25, 0.3) is 5.91 Å². The molecule has 0 bridgehead atoms. The van der Waals surface area contributed by atoms with Gasteiger partial charge in [-0.25, -0.2) is 4.98 Å². The van der Waals surface area contributed by atoms with E-state index in [2.05, 4.69) is 28.1 Å². The van der Waals surface area contributed by atoms with E-state index in [1.165, 1.54) is 11.8 Å². The highest BCUT2D eigenvalue weighted by Gasteiger charge is 2.20. The van der Waals surface area contributed by atoms with E-state index in [1.807, 2.05) is 43.3 Å². The second-order valence-electron chi connectivity index (χ2n) is 6.20. The first kappa shape index (κ1) is 16.1. The van der Waals surface area contributed by atoms with Crippen LogP contribution in [-0.2, 0) is 6.54 Å². The minimum atomic E-state index is -0.260. The van der Waals surface area contributed by atoms with Crippen molar-refractivity contribution >= 4 is 16.9 Å². The Hall–Kier alpha value is -3.34. The van der Waals surface area contributed by atoms with Crippen LogP contribution in [0.15, 0.2) is 77.4 Å². The fourth-order valence-corrected chi connectivity index (χ4v) is 3.10. The molecule has 1 unspecified atom stereocenters. The molecule has 2 heterocycles. The van der Waals surface area contributed by atoms with Crippen LogP contribution < -0.4 is 5.32 Å². The molecule has 0 saturated carbocycles. The third kappa shape index (κ3) is 3.11. The van der Waals surface area contributed by atoms with Gasteiger partial charge in [0, 0.05) is 6.54 Å². The molecule has 1 amide bonds. The Morgan fingerprint density at radius 1 is 1.08 bits per heavy atom. The number of fused-ring (bicyclic) bond motifs is 1. The minimum absolute atomic E-state index is 0.249. The monoisotopic (exact) mass is 345 g/mol. The summed E-state index contributed by atoms with van der Waals surface area (Å²) in [4.78, 5) is 17.1. The van der Waals surface area contributed by atoms with Crippen LogP contribution in [0, 0.1) is 0 Å². The number of nitrogens with zero attached hydrogens (tertiary/aromatic N) is 2. The summed E-state index contributed by atoms with van der Waals surface area (Å²) in [6, 6.07) is 21.3. The third-order valence-electron chi connectivity index (χ3n) is 4.35. The lowest BCUT2D eigenvalue weighted by Crippen LogP contribution is -2.28. The fourth-order valence-electron chi connectivity index (χ4n) is 3.10. The summed E-state index contributed by atoms with van der Waals surface area (Å²) < 4.78 is 7.33. The van der Waals surface area contributed by atoms with Crippen LogP contribution in [-0.4, -0.2) is 15.5 Å². The maximum Gasteiger partial charge on any atom is 0.287 e. The SMILES string of the molecule is CC(NC(=O)c1ccco1)c1nc2ccccc2n1Cc1ccccc1. The number of amides is 1. The Bertz CT molecular complexity index is 1020. The van der Waals surface area contributed by atoms with E-state index in [0.29, 0.717) is 12.3 Å². The van der Waals surface area contributed by atoms with Crippen molar-refractivity contribution in [3.63, 3.8) is 0 Å². The molecular weight excluding hydrogens is 326 g/mol. The first-order valence-electron chi connectivity index (χ1n) is 8.56. The molecule has 0 radical (unpaired) electrons. The lowest BCUT2D eigenvalue weighted by atomic mass is 10.2. The maximum absolute atomic E-state index is 12.3. The molecule has 0 aliphatic heterocycles. The zero-order valence-corrected chi connectivity index (χ0v) is 14.4. The highest BCUT2D eigenvalue weighted by molar-refractivity contribution is 5.91. The summed E-state index contributed by atoms with van der Waals surface area (Å²) in [7, 11) is 0. The second-order valence-corrected chi connectivity index (χ2v) is 6.20. The van der Waals surface area contributed by atoms with Gasteiger partial charge in [-0.15, -0.1) is 0 Å². The number of carbonyl (C=O) groups is 1. The molecular formula is C21H19N3O2. The standard InChI is InChI=1S/C21H19N3O2/c1-15(22-21(25)19-12-7-13-26-19)20-23-17-10-5-6-11-18(17)24(20)14-16-8-3-2-4-9-16/h2-13,15H,14H2,1H3,(H,22,25). The van der Waals surface area contributed by atoms with E-state index in [9.17, 15) is 4.79 Å². The first-order chi connectivity index (χ1) is 12.7. The van der Waals surface area contributed by atoms with E-state index in [0.717, 1.165) is 16.9 Å². The van der Waals surface area contributed by atoms with Gasteiger partial charge in [-0.1, -0.05) is 42.5 Å². The highest BCUT2D eigenvalue weighted by atomic mass is 16.3. The van der Waals surface area contributed by atoms with Crippen LogP contribution in [0.25, 0.3) is 11.0 Å². The molecule has 0 spiro atoms. The van der Waals surface area contributed by atoms with Crippen molar-refractivity contribution in [1.82, 2.24) is 14.9 Å². The number of rotatable bonds is 5. The molecule has 0 aliphatic rings. The van der Waals surface area contributed by atoms with Crippen LogP contribution >= 0.6 is 0 Å². The van der Waals surface area contributed by atoms with Gasteiger partial charge in [0.2, 0.25) is 0 Å². The normalized spacial score (nSPS) is 12.2. The Labute approximate surface area is 151 Å². The Balaban J connectivity index is 1.69. The molecule has 2 aromatic carbocycles. The van der Waals surface area contributed by atoms with Crippen molar-refractivity contribution in [3.8, 4) is 0 Å². The summed E-state index contributed by atoms with van der Waals surface area (Å²) in [5.41, 5.74) is 3.14. The van der Waals surface area contributed by atoms with Gasteiger partial charge in [-0.05, 0) is 36.8 Å². The van der Waals surface area contributed by atoms with Crippen LogP contribution in [0.5, 0.6) is 0 Å². The van der Waals surface area contributed by atoms with Gasteiger partial charge in [-0.2, -0.15) is 0 Å². The van der Waals surface area contributed by atoms with Crippen molar-refractivity contribution < 1.29 is 9.21 Å². The number of carbonyl (C=O) groups excluding carboxylic acids is 1. The average Bonchev–Trinajstić information content (AvgIpc) is 3.31. The molecule has 4 rings (SSSR count). The molecule has 0 saturated heterocycles. The number of para-hydroxylation sites is 2. The van der Waals surface area contributed by atoms with Crippen LogP contribution in [0.2, 0.25) is 0 Å². The molecule has 5 heteroatoms. The largest absolute Gasteiger partial charge is 0.459 e. The number of aromatic nitrogens is 2. The first-order valence-corrected chi connectivity index (χ1v) is 8.56. The van der Waals surface area contributed by atoms with Gasteiger partial charge in [0.05, 0.1) is 23.3 Å². The summed E-state index contributed by atoms with van der Waals surface area (Å²) in [5, 5.41) is 2.97. The number of hydrogen-bond acceptors (Lipinski definition) is 3. The van der Waals surface area contributed by atoms with Crippen LogP contribution in [0.1, 0.15) is 34.9 Å². The number of nitrogens with one attached hydrogen (secondary N) is 1. The number of imidazole rings is 1. The highest BCUT2D eigenvalue weighted by Crippen LogP contribution is 2.22. The molecule has 5 nitrogen and oxygen atoms in total. The maximum atomic E-state index is 12.3. The third-order valence-corrected chi connectivity index (χ3v) is 4.35. The van der Waals surface area contributed by atoms with Gasteiger partial charge in [0.1, 0.15) is 5.82 Å². The Morgan fingerprint density at radius 3 is 2.62 bits per heavy atom. The van der Waals surface area contributed by atoms with Crippen molar-refractivity contribution in [2.75, 3.05) is 0 Å². The fraction of sp³-hybridized carbons (Fsp3) is 0.143. The van der Waals surface area contributed by atoms with Gasteiger partial charge in [0.15, 0.2) is 5.76 Å². The van der Waals surface area contributed by atoms with Gasteiger partial charge < -0.3 is 14.3 Å². The second kappa shape index (κ2) is 6.88. The summed E-state index contributed by atoms with van der Waals surface area (Å²) in [6.45, 7) is 2.63. The van der Waals surface area contributed by atoms with Crippen LogP contribution in [0.3, 0.4) is 0 Å². The van der Waals surface area contributed by atoms with E-state index < -0.39 is 0 Å². The van der Waals surface area contributed by atoms with E-state index in [1.54, 1.807) is 12.1 Å². The quantitative estimate of drug-likeness (QED) is 0.590. The molecule has 130 valence electrons. The predicted molar refractivity (Wildman–Crippen MR) is 99.9 cm³/mol. The van der Waals surface area contributed by atoms with E-state index in [4.69, 9.17) is 9.40 Å². The molecule has 0 fully saturated rings. The molecule has 1 atom stereocenters. The minimum Gasteiger partial charge on any atom is -0.459 e. The summed E-state index contributed by atoms with van der Waals surface area (Å²) in [6.07, 6.45) is 1.49. The van der Waals surface area contributed by atoms with Crippen molar-refractivity contribution in [3.05, 3.63) is 90.1 Å². The molecule has 2 aromatic heterocycles. The summed E-state index contributed by atoms with van der Waals surface area (Å²) in [5.74, 6) is 0.860. The zero-order chi connectivity index (χ0) is 17.9. The van der Waals surface area contributed by atoms with Crippen LogP contribution in [0.4, 0.5) is 0 Å². The number of benzene rings is 2. The number of furan rings is 1. The summed E-state index contributed by atoms with van der Waals surface area (Å²) >= 11 is 0. The van der Waals surface area contributed by atoms with E-state index >= 15 is 0 Å². The van der Waals surface area contributed by atoms with Crippen molar-refractivity contribution in [1.29, 1.82) is 0 Å². The topological polar surface area (TPSA) is 60.1 Å². The average molecular weight is 345 g/mol. The van der Waals surface area contributed by atoms with Gasteiger partial charge in [-0.3, -0.25) is 4.79 Å². The molecule has 0 aliphatic carbocycles. The Kier molecular flexibility index (Phi) is 4.27. The van der Waals surface area contributed by atoms with Gasteiger partial charge >= 0.3 is 0 Å². The molecule has 26 heavy (non-hydrogen) atoms. The number of hydrogen-bond donors (Lipinski definition) is 1. The lowest BCUT2D eigenvalue weighted by Gasteiger charge is -2.16. The molecule has 1 N–H and O–H groups in total. The smallest absolute Gasteiger partial charge is 0.287 e. The predicted octanol–water partition coefficient (Wildman–Crippen LogP) is 4.17.